The zero-order valence-corrected chi connectivity index (χ0v) is 11.4. The zero-order valence-electron chi connectivity index (χ0n) is 11.4. The van der Waals surface area contributed by atoms with Gasteiger partial charge in [-0.15, -0.1) is 0 Å². The molecule has 0 spiro atoms. The highest BCUT2D eigenvalue weighted by atomic mass is 16.1. The van der Waals surface area contributed by atoms with Gasteiger partial charge in [0.05, 0.1) is 6.04 Å². The zero-order chi connectivity index (χ0) is 13.9. The fourth-order valence-electron chi connectivity index (χ4n) is 2.51. The Morgan fingerprint density at radius 3 is 3.15 bits per heavy atom. The molecule has 1 atom stereocenters. The van der Waals surface area contributed by atoms with Crippen molar-refractivity contribution >= 4 is 11.6 Å². The molecular weight excluding hydrogens is 252 g/mol. The molecule has 0 bridgehead atoms. The van der Waals surface area contributed by atoms with Crippen LogP contribution in [0.1, 0.15) is 41.1 Å². The van der Waals surface area contributed by atoms with Gasteiger partial charge < -0.3 is 15.6 Å². The number of carbonyl (C=O) groups excluding carboxylic acids is 1. The molecule has 1 aliphatic heterocycles. The van der Waals surface area contributed by atoms with Crippen LogP contribution in [0.2, 0.25) is 0 Å². The molecule has 0 saturated heterocycles. The third kappa shape index (κ3) is 2.39. The van der Waals surface area contributed by atoms with Crippen LogP contribution < -0.4 is 10.6 Å². The average molecular weight is 270 g/mol. The Kier molecular flexibility index (Phi) is 3.41. The number of carbonyl (C=O) groups is 1. The molecule has 2 aromatic rings. The Morgan fingerprint density at radius 1 is 1.50 bits per heavy atom. The van der Waals surface area contributed by atoms with E-state index in [2.05, 4.69) is 20.6 Å². The minimum absolute atomic E-state index is 0.0650. The van der Waals surface area contributed by atoms with E-state index in [0.717, 1.165) is 30.9 Å². The van der Waals surface area contributed by atoms with Gasteiger partial charge >= 0.3 is 0 Å². The number of nitrogens with one attached hydrogen (secondary N) is 3. The maximum Gasteiger partial charge on any atom is 0.251 e. The summed E-state index contributed by atoms with van der Waals surface area (Å²) >= 11 is 0. The van der Waals surface area contributed by atoms with Gasteiger partial charge in [0, 0.05) is 30.2 Å². The SMILES string of the molecule is CCC(NC(=O)c1ccc2c(c1)NCC2)c1ncc[nH]1. The lowest BCUT2D eigenvalue weighted by molar-refractivity contribution is 0.0934. The Hall–Kier alpha value is -2.30. The summed E-state index contributed by atoms with van der Waals surface area (Å²) in [6.45, 7) is 2.97. The van der Waals surface area contributed by atoms with Crippen LogP contribution in [0.25, 0.3) is 0 Å². The summed E-state index contributed by atoms with van der Waals surface area (Å²) in [5.41, 5.74) is 3.03. The van der Waals surface area contributed by atoms with Crippen LogP contribution in [0.5, 0.6) is 0 Å². The highest BCUT2D eigenvalue weighted by Gasteiger charge is 2.18. The second kappa shape index (κ2) is 5.36. The molecule has 1 amide bonds. The summed E-state index contributed by atoms with van der Waals surface area (Å²) in [7, 11) is 0. The van der Waals surface area contributed by atoms with Crippen molar-refractivity contribution in [2.45, 2.75) is 25.8 Å². The van der Waals surface area contributed by atoms with Crippen LogP contribution in [0.15, 0.2) is 30.6 Å². The minimum atomic E-state index is -0.0845. The van der Waals surface area contributed by atoms with Crippen LogP contribution in [0.3, 0.4) is 0 Å². The normalized spacial score (nSPS) is 14.4. The summed E-state index contributed by atoms with van der Waals surface area (Å²) < 4.78 is 0. The van der Waals surface area contributed by atoms with Crippen molar-refractivity contribution in [3.05, 3.63) is 47.5 Å². The molecule has 5 heteroatoms. The molecule has 1 aromatic heterocycles. The molecule has 0 saturated carbocycles. The summed E-state index contributed by atoms with van der Waals surface area (Å²) in [4.78, 5) is 19.6. The highest BCUT2D eigenvalue weighted by molar-refractivity contribution is 5.95. The van der Waals surface area contributed by atoms with E-state index >= 15 is 0 Å². The quantitative estimate of drug-likeness (QED) is 0.798. The third-order valence-electron chi connectivity index (χ3n) is 3.64. The second-order valence-corrected chi connectivity index (χ2v) is 4.96. The topological polar surface area (TPSA) is 69.8 Å². The van der Waals surface area contributed by atoms with E-state index in [-0.39, 0.29) is 11.9 Å². The van der Waals surface area contributed by atoms with Crippen molar-refractivity contribution in [2.24, 2.45) is 0 Å². The molecule has 1 aliphatic rings. The monoisotopic (exact) mass is 270 g/mol. The van der Waals surface area contributed by atoms with Gasteiger partial charge in [0.15, 0.2) is 0 Å². The maximum atomic E-state index is 12.3. The van der Waals surface area contributed by atoms with Crippen LogP contribution in [-0.4, -0.2) is 22.4 Å². The summed E-state index contributed by atoms with van der Waals surface area (Å²) in [6, 6.07) is 5.75. The van der Waals surface area contributed by atoms with Gasteiger partial charge in [-0.25, -0.2) is 4.98 Å². The van der Waals surface area contributed by atoms with Crippen LogP contribution in [-0.2, 0) is 6.42 Å². The number of aromatic amines is 1. The van der Waals surface area contributed by atoms with E-state index in [9.17, 15) is 4.79 Å². The average Bonchev–Trinajstić information content (AvgIpc) is 3.14. The van der Waals surface area contributed by atoms with Crippen molar-refractivity contribution in [1.29, 1.82) is 0 Å². The number of hydrogen-bond donors (Lipinski definition) is 3. The Labute approximate surface area is 117 Å². The van der Waals surface area contributed by atoms with E-state index < -0.39 is 0 Å². The molecule has 0 aliphatic carbocycles. The lowest BCUT2D eigenvalue weighted by Crippen LogP contribution is -2.28. The smallest absolute Gasteiger partial charge is 0.251 e. The number of fused-ring (bicyclic) bond motifs is 1. The Balaban J connectivity index is 1.75. The maximum absolute atomic E-state index is 12.3. The van der Waals surface area contributed by atoms with Crippen molar-refractivity contribution in [2.75, 3.05) is 11.9 Å². The van der Waals surface area contributed by atoms with Crippen LogP contribution >= 0.6 is 0 Å². The van der Waals surface area contributed by atoms with Crippen molar-refractivity contribution in [1.82, 2.24) is 15.3 Å². The molecule has 0 radical (unpaired) electrons. The fourth-order valence-corrected chi connectivity index (χ4v) is 2.51. The molecule has 3 rings (SSSR count). The highest BCUT2D eigenvalue weighted by Crippen LogP contribution is 2.23. The first-order chi connectivity index (χ1) is 9.78. The Bertz CT molecular complexity index is 606. The summed E-state index contributed by atoms with van der Waals surface area (Å²) in [6.07, 6.45) is 5.29. The number of rotatable bonds is 4. The van der Waals surface area contributed by atoms with Gasteiger partial charge in [-0.1, -0.05) is 13.0 Å². The van der Waals surface area contributed by atoms with Crippen molar-refractivity contribution in [3.8, 4) is 0 Å². The number of benzene rings is 1. The van der Waals surface area contributed by atoms with Crippen molar-refractivity contribution < 1.29 is 4.79 Å². The number of H-pyrrole nitrogens is 1. The number of anilines is 1. The molecule has 1 aromatic carbocycles. The van der Waals surface area contributed by atoms with Gasteiger partial charge in [0.25, 0.3) is 5.91 Å². The predicted molar refractivity (Wildman–Crippen MR) is 77.7 cm³/mol. The van der Waals surface area contributed by atoms with E-state index in [1.54, 1.807) is 12.4 Å². The summed E-state index contributed by atoms with van der Waals surface area (Å²) in [5.74, 6) is 0.727. The molecule has 1 unspecified atom stereocenters. The van der Waals surface area contributed by atoms with Gasteiger partial charge in [-0.2, -0.15) is 0 Å². The van der Waals surface area contributed by atoms with Gasteiger partial charge in [-0.05, 0) is 30.5 Å². The van der Waals surface area contributed by atoms with Gasteiger partial charge in [-0.3, -0.25) is 4.79 Å². The molecule has 2 heterocycles. The molecule has 3 N–H and O–H groups in total. The first-order valence-corrected chi connectivity index (χ1v) is 6.95. The standard InChI is InChI=1S/C15H18N4O/c1-2-12(14-17-7-8-18-14)19-15(20)11-4-3-10-5-6-16-13(10)9-11/h3-4,7-9,12,16H,2,5-6H2,1H3,(H,17,18)(H,19,20). The number of nitrogens with zero attached hydrogens (tertiary/aromatic N) is 1. The first kappa shape index (κ1) is 12.7. The predicted octanol–water partition coefficient (Wildman–Crippen LogP) is 2.26. The van der Waals surface area contributed by atoms with E-state index in [4.69, 9.17) is 0 Å². The molecule has 104 valence electrons. The van der Waals surface area contributed by atoms with Crippen molar-refractivity contribution in [3.63, 3.8) is 0 Å². The largest absolute Gasteiger partial charge is 0.384 e. The van der Waals surface area contributed by atoms with Crippen LogP contribution in [0.4, 0.5) is 5.69 Å². The number of hydrogen-bond acceptors (Lipinski definition) is 3. The van der Waals surface area contributed by atoms with Gasteiger partial charge in [0.2, 0.25) is 0 Å². The molecule has 0 fully saturated rings. The van der Waals surface area contributed by atoms with Gasteiger partial charge in [0.1, 0.15) is 5.82 Å². The number of aromatic nitrogens is 2. The van der Waals surface area contributed by atoms with E-state index in [1.807, 2.05) is 25.1 Å². The van der Waals surface area contributed by atoms with Crippen LogP contribution in [0, 0.1) is 0 Å². The number of imidazole rings is 1. The molecular formula is C15H18N4O. The lowest BCUT2D eigenvalue weighted by Gasteiger charge is -2.15. The minimum Gasteiger partial charge on any atom is -0.384 e. The molecule has 20 heavy (non-hydrogen) atoms. The number of amides is 1. The molecule has 5 nitrogen and oxygen atoms in total. The fraction of sp³-hybridized carbons (Fsp3) is 0.333. The third-order valence-corrected chi connectivity index (χ3v) is 3.64. The summed E-state index contributed by atoms with van der Waals surface area (Å²) in [5, 5.41) is 6.31. The lowest BCUT2D eigenvalue weighted by atomic mass is 10.1. The first-order valence-electron chi connectivity index (χ1n) is 6.95. The Morgan fingerprint density at radius 2 is 2.40 bits per heavy atom. The second-order valence-electron chi connectivity index (χ2n) is 4.96. The van der Waals surface area contributed by atoms with E-state index in [1.165, 1.54) is 5.56 Å². The van der Waals surface area contributed by atoms with E-state index in [0.29, 0.717) is 5.56 Å².